The lowest BCUT2D eigenvalue weighted by Crippen LogP contribution is -2.58. The van der Waals surface area contributed by atoms with Crippen LogP contribution in [0.5, 0.6) is 0 Å². The zero-order valence-electron chi connectivity index (χ0n) is 14.0. The lowest BCUT2D eigenvalue weighted by molar-refractivity contribution is 0.0911. The Morgan fingerprint density at radius 3 is 2.40 bits per heavy atom. The maximum Gasteiger partial charge on any atom is 0.0944 e. The number of rotatable bonds is 9. The maximum atomic E-state index is 4.64. The molecular weight excluding hydrogens is 266 g/mol. The topological polar surface area (TPSA) is 28.2 Å². The van der Waals surface area contributed by atoms with Crippen LogP contribution >= 0.6 is 11.3 Å². The molecule has 1 atom stereocenters. The van der Waals surface area contributed by atoms with E-state index in [2.05, 4.69) is 62.1 Å². The molecule has 0 spiro atoms. The monoisotopic (exact) mass is 297 g/mol. The van der Waals surface area contributed by atoms with E-state index in [4.69, 9.17) is 0 Å². The molecule has 0 aliphatic rings. The molecule has 0 fully saturated rings. The second-order valence-electron chi connectivity index (χ2n) is 5.92. The van der Waals surface area contributed by atoms with Crippen LogP contribution in [0, 0.1) is 6.92 Å². The first-order valence-electron chi connectivity index (χ1n) is 7.85. The molecule has 0 saturated carbocycles. The molecule has 116 valence electrons. The Morgan fingerprint density at radius 1 is 1.30 bits per heavy atom. The molecule has 1 heterocycles. The smallest absolute Gasteiger partial charge is 0.0944 e. The lowest BCUT2D eigenvalue weighted by Gasteiger charge is -2.43. The Hall–Kier alpha value is -0.450. The Kier molecular flexibility index (Phi) is 7.13. The van der Waals surface area contributed by atoms with Gasteiger partial charge in [-0.15, -0.1) is 11.3 Å². The van der Waals surface area contributed by atoms with Gasteiger partial charge in [0.05, 0.1) is 5.01 Å². The lowest BCUT2D eigenvalue weighted by atomic mass is 9.89. The molecule has 1 N–H and O–H groups in total. The minimum Gasteiger partial charge on any atom is -0.312 e. The quantitative estimate of drug-likeness (QED) is 0.756. The average molecular weight is 298 g/mol. The Morgan fingerprint density at radius 2 is 1.95 bits per heavy atom. The molecule has 0 radical (unpaired) electrons. The number of nitrogens with one attached hydrogen (secondary N) is 1. The van der Waals surface area contributed by atoms with E-state index in [1.165, 1.54) is 11.4 Å². The number of aryl methyl sites for hydroxylation is 1. The van der Waals surface area contributed by atoms with Crippen molar-refractivity contribution in [1.82, 2.24) is 15.2 Å². The van der Waals surface area contributed by atoms with Crippen LogP contribution in [0.2, 0.25) is 0 Å². The highest BCUT2D eigenvalue weighted by Crippen LogP contribution is 2.23. The Balaban J connectivity index is 2.86. The fourth-order valence-corrected chi connectivity index (χ4v) is 3.64. The van der Waals surface area contributed by atoms with E-state index >= 15 is 0 Å². The van der Waals surface area contributed by atoms with Crippen LogP contribution in [0.15, 0.2) is 5.38 Å². The van der Waals surface area contributed by atoms with Gasteiger partial charge in [-0.05, 0) is 46.8 Å². The number of likely N-dealkylation sites (N-methyl/N-ethyl adjacent to an activating group) is 1. The van der Waals surface area contributed by atoms with Crippen molar-refractivity contribution >= 4 is 11.3 Å². The minimum absolute atomic E-state index is 0.137. The summed E-state index contributed by atoms with van der Waals surface area (Å²) in [6.45, 7) is 16.7. The predicted octanol–water partition coefficient (Wildman–Crippen LogP) is 3.48. The van der Waals surface area contributed by atoms with E-state index in [0.29, 0.717) is 6.04 Å². The van der Waals surface area contributed by atoms with Crippen LogP contribution in [0.25, 0.3) is 0 Å². The summed E-state index contributed by atoms with van der Waals surface area (Å²) in [5.74, 6) is 0. The van der Waals surface area contributed by atoms with Gasteiger partial charge in [0.2, 0.25) is 0 Å². The molecule has 3 nitrogen and oxygen atoms in total. The Bertz CT molecular complexity index is 383. The zero-order valence-corrected chi connectivity index (χ0v) is 14.8. The molecule has 1 aromatic rings. The van der Waals surface area contributed by atoms with Crippen LogP contribution in [-0.2, 0) is 6.42 Å². The first-order valence-corrected chi connectivity index (χ1v) is 8.73. The SMILES string of the molecule is CCCNC(Cc1nc(C)cs1)C(C)(C)N(CC)CC. The van der Waals surface area contributed by atoms with Gasteiger partial charge in [-0.1, -0.05) is 20.8 Å². The number of hydrogen-bond donors (Lipinski definition) is 1. The number of aromatic nitrogens is 1. The molecule has 0 aliphatic heterocycles. The highest BCUT2D eigenvalue weighted by atomic mass is 32.1. The van der Waals surface area contributed by atoms with Crippen LogP contribution < -0.4 is 5.32 Å². The van der Waals surface area contributed by atoms with Crippen molar-refractivity contribution in [1.29, 1.82) is 0 Å². The third-order valence-electron chi connectivity index (χ3n) is 4.12. The van der Waals surface area contributed by atoms with Crippen LogP contribution in [0.3, 0.4) is 0 Å². The van der Waals surface area contributed by atoms with E-state index < -0.39 is 0 Å². The van der Waals surface area contributed by atoms with Crippen molar-refractivity contribution in [2.24, 2.45) is 0 Å². The first kappa shape index (κ1) is 17.6. The molecule has 1 rings (SSSR count). The predicted molar refractivity (Wildman–Crippen MR) is 89.6 cm³/mol. The summed E-state index contributed by atoms with van der Waals surface area (Å²) in [6, 6.07) is 0.438. The zero-order chi connectivity index (χ0) is 15.2. The van der Waals surface area contributed by atoms with Gasteiger partial charge in [0, 0.05) is 29.1 Å². The summed E-state index contributed by atoms with van der Waals surface area (Å²) in [5, 5.41) is 7.14. The van der Waals surface area contributed by atoms with Gasteiger partial charge in [-0.2, -0.15) is 0 Å². The Labute approximate surface area is 128 Å². The van der Waals surface area contributed by atoms with Gasteiger partial charge in [-0.3, -0.25) is 4.90 Å². The minimum atomic E-state index is 0.137. The van der Waals surface area contributed by atoms with Crippen LogP contribution in [0.4, 0.5) is 0 Å². The molecule has 0 saturated heterocycles. The maximum absolute atomic E-state index is 4.64. The van der Waals surface area contributed by atoms with Gasteiger partial charge >= 0.3 is 0 Å². The largest absolute Gasteiger partial charge is 0.312 e. The van der Waals surface area contributed by atoms with E-state index in [9.17, 15) is 0 Å². The number of hydrogen-bond acceptors (Lipinski definition) is 4. The van der Waals surface area contributed by atoms with Gasteiger partial charge < -0.3 is 5.32 Å². The molecular formula is C16H31N3S. The second kappa shape index (κ2) is 8.11. The highest BCUT2D eigenvalue weighted by Gasteiger charge is 2.34. The van der Waals surface area contributed by atoms with Crippen LogP contribution in [-0.4, -0.2) is 41.1 Å². The van der Waals surface area contributed by atoms with Gasteiger partial charge in [-0.25, -0.2) is 4.98 Å². The normalized spacial score (nSPS) is 13.9. The molecule has 20 heavy (non-hydrogen) atoms. The fourth-order valence-electron chi connectivity index (χ4n) is 2.82. The van der Waals surface area contributed by atoms with Crippen molar-refractivity contribution in [3.63, 3.8) is 0 Å². The van der Waals surface area contributed by atoms with Crippen molar-refractivity contribution in [2.45, 2.75) is 66.0 Å². The summed E-state index contributed by atoms with van der Waals surface area (Å²) in [4.78, 5) is 7.19. The highest BCUT2D eigenvalue weighted by molar-refractivity contribution is 7.09. The van der Waals surface area contributed by atoms with Crippen molar-refractivity contribution < 1.29 is 0 Å². The molecule has 0 bridgehead atoms. The summed E-state index contributed by atoms with van der Waals surface area (Å²) in [7, 11) is 0. The van der Waals surface area contributed by atoms with Gasteiger partial charge in [0.25, 0.3) is 0 Å². The summed E-state index contributed by atoms with van der Waals surface area (Å²) >= 11 is 1.78. The average Bonchev–Trinajstić information content (AvgIpc) is 2.81. The molecule has 0 aliphatic carbocycles. The second-order valence-corrected chi connectivity index (χ2v) is 6.86. The van der Waals surface area contributed by atoms with E-state index in [-0.39, 0.29) is 5.54 Å². The van der Waals surface area contributed by atoms with E-state index in [1.807, 2.05) is 0 Å². The molecule has 1 aromatic heterocycles. The van der Waals surface area contributed by atoms with Crippen molar-refractivity contribution in [2.75, 3.05) is 19.6 Å². The molecule has 4 heteroatoms. The van der Waals surface area contributed by atoms with Crippen LogP contribution in [0.1, 0.15) is 51.7 Å². The van der Waals surface area contributed by atoms with E-state index in [0.717, 1.165) is 31.7 Å². The van der Waals surface area contributed by atoms with Gasteiger partial charge in [0.1, 0.15) is 0 Å². The van der Waals surface area contributed by atoms with E-state index in [1.54, 1.807) is 11.3 Å². The summed E-state index contributed by atoms with van der Waals surface area (Å²) in [6.07, 6.45) is 2.18. The third-order valence-corrected chi connectivity index (χ3v) is 5.11. The molecule has 1 unspecified atom stereocenters. The first-order chi connectivity index (χ1) is 9.45. The van der Waals surface area contributed by atoms with Crippen molar-refractivity contribution in [3.05, 3.63) is 16.1 Å². The fraction of sp³-hybridized carbons (Fsp3) is 0.812. The molecule has 0 amide bonds. The number of nitrogens with zero attached hydrogens (tertiary/aromatic N) is 2. The molecule has 0 aromatic carbocycles. The number of thiazole rings is 1. The third kappa shape index (κ3) is 4.54. The van der Waals surface area contributed by atoms with Gasteiger partial charge in [0.15, 0.2) is 0 Å². The standard InChI is InChI=1S/C16H31N3S/c1-7-10-17-14(11-15-18-13(4)12-20-15)16(5,6)19(8-2)9-3/h12,14,17H,7-11H2,1-6H3. The van der Waals surface area contributed by atoms with Crippen molar-refractivity contribution in [3.8, 4) is 0 Å². The summed E-state index contributed by atoms with van der Waals surface area (Å²) in [5.41, 5.74) is 1.28. The summed E-state index contributed by atoms with van der Waals surface area (Å²) < 4.78 is 0.